The van der Waals surface area contributed by atoms with Crippen LogP contribution >= 0.6 is 0 Å². The van der Waals surface area contributed by atoms with Gasteiger partial charge in [-0.25, -0.2) is 0 Å². The van der Waals surface area contributed by atoms with Gasteiger partial charge in [0.2, 0.25) is 0 Å². The second-order valence-electron chi connectivity index (χ2n) is 5.34. The van der Waals surface area contributed by atoms with Crippen LogP contribution in [-0.2, 0) is 15.9 Å². The van der Waals surface area contributed by atoms with Gasteiger partial charge in [0.05, 0.1) is 13.2 Å². The summed E-state index contributed by atoms with van der Waals surface area (Å²) in [7, 11) is 1.64. The standard InChI is InChI=1S/C16H28O3S/c1-4-6-15(19-3)16(7-5-2)20(18)12-13-8-10-14(17)11-9-13/h6-7,13-14,17H,4-5,8-12H2,1-3H3/b15-6+,16-7+/t13-,14+,20?. The Kier molecular flexibility index (Phi) is 8.34. The van der Waals surface area contributed by atoms with Gasteiger partial charge in [-0.15, -0.1) is 0 Å². The van der Waals surface area contributed by atoms with Crippen molar-refractivity contribution in [1.82, 2.24) is 0 Å². The highest BCUT2D eigenvalue weighted by Gasteiger charge is 2.27. The minimum absolute atomic E-state index is 0.153. The van der Waals surface area contributed by atoms with Crippen LogP contribution in [0.5, 0.6) is 0 Å². The van der Waals surface area contributed by atoms with E-state index in [1.807, 2.05) is 26.0 Å². The molecule has 0 bridgehead atoms. The van der Waals surface area contributed by atoms with E-state index in [0.29, 0.717) is 11.7 Å². The highest BCUT2D eigenvalue weighted by atomic mass is 32.2. The van der Waals surface area contributed by atoms with Crippen LogP contribution < -0.4 is 0 Å². The molecule has 1 saturated carbocycles. The molecule has 0 heterocycles. The number of ether oxygens (including phenoxy) is 1. The van der Waals surface area contributed by atoms with Crippen molar-refractivity contribution in [1.29, 1.82) is 0 Å². The molecule has 1 rings (SSSR count). The van der Waals surface area contributed by atoms with Crippen LogP contribution in [0.15, 0.2) is 22.8 Å². The van der Waals surface area contributed by atoms with E-state index in [0.717, 1.165) is 49.2 Å². The molecule has 0 aliphatic heterocycles. The zero-order valence-electron chi connectivity index (χ0n) is 12.9. The molecule has 4 heteroatoms. The number of methoxy groups -OCH3 is 1. The van der Waals surface area contributed by atoms with Crippen molar-refractivity contribution in [2.24, 2.45) is 5.92 Å². The molecule has 0 saturated heterocycles. The molecule has 0 amide bonds. The Labute approximate surface area is 126 Å². The van der Waals surface area contributed by atoms with Crippen molar-refractivity contribution in [3.63, 3.8) is 0 Å². The first-order chi connectivity index (χ1) is 9.62. The fourth-order valence-corrected chi connectivity index (χ4v) is 4.26. The van der Waals surface area contributed by atoms with Crippen LogP contribution in [0.25, 0.3) is 0 Å². The maximum Gasteiger partial charge on any atom is 0.190 e. The zero-order chi connectivity index (χ0) is 15.0. The van der Waals surface area contributed by atoms with E-state index in [1.54, 1.807) is 7.11 Å². The van der Waals surface area contributed by atoms with Gasteiger partial charge in [0.15, 0.2) is 10.7 Å². The Morgan fingerprint density at radius 2 is 1.80 bits per heavy atom. The summed E-state index contributed by atoms with van der Waals surface area (Å²) in [6, 6.07) is 0. The molecule has 0 aromatic rings. The first-order valence-corrected chi connectivity index (χ1v) is 8.95. The van der Waals surface area contributed by atoms with Crippen LogP contribution in [0.3, 0.4) is 0 Å². The minimum atomic E-state index is -1.01. The van der Waals surface area contributed by atoms with Gasteiger partial charge in [-0.05, 0) is 61.9 Å². The highest BCUT2D eigenvalue weighted by molar-refractivity contribution is 7.95. The van der Waals surface area contributed by atoms with Crippen molar-refractivity contribution in [3.05, 3.63) is 22.8 Å². The molecule has 116 valence electrons. The molecule has 1 unspecified atom stereocenters. The largest absolute Gasteiger partial charge is 0.611 e. The van der Waals surface area contributed by atoms with Crippen molar-refractivity contribution in [2.45, 2.75) is 58.5 Å². The Balaban J connectivity index is 2.67. The number of allylic oxidation sites excluding steroid dienone is 2. The first-order valence-electron chi connectivity index (χ1n) is 7.63. The van der Waals surface area contributed by atoms with E-state index < -0.39 is 11.2 Å². The van der Waals surface area contributed by atoms with Crippen molar-refractivity contribution < 1.29 is 14.4 Å². The van der Waals surface area contributed by atoms with Crippen LogP contribution in [0.1, 0.15) is 52.4 Å². The zero-order valence-corrected chi connectivity index (χ0v) is 13.7. The number of aliphatic hydroxyl groups is 1. The summed E-state index contributed by atoms with van der Waals surface area (Å²) < 4.78 is 18.0. The highest BCUT2D eigenvalue weighted by Crippen LogP contribution is 2.29. The summed E-state index contributed by atoms with van der Waals surface area (Å²) >= 11 is -1.01. The monoisotopic (exact) mass is 300 g/mol. The Hall–Kier alpha value is -0.450. The molecule has 0 aromatic heterocycles. The Morgan fingerprint density at radius 3 is 2.30 bits per heavy atom. The molecule has 1 atom stereocenters. The molecule has 0 spiro atoms. The molecule has 1 N–H and O–H groups in total. The van der Waals surface area contributed by atoms with E-state index in [4.69, 9.17) is 4.74 Å². The summed E-state index contributed by atoms with van der Waals surface area (Å²) in [6.45, 7) is 4.10. The lowest BCUT2D eigenvalue weighted by Gasteiger charge is -2.26. The summed E-state index contributed by atoms with van der Waals surface area (Å²) in [5, 5.41) is 9.53. The van der Waals surface area contributed by atoms with E-state index in [9.17, 15) is 9.66 Å². The SMILES string of the molecule is CC/C=C(OC)\C(=C/CC)[S+]([O-])C[C@H]1CC[C@@H](O)CC1. The minimum Gasteiger partial charge on any atom is -0.611 e. The average molecular weight is 300 g/mol. The molecule has 20 heavy (non-hydrogen) atoms. The van der Waals surface area contributed by atoms with Crippen LogP contribution in [0.4, 0.5) is 0 Å². The summed E-state index contributed by atoms with van der Waals surface area (Å²) in [5.41, 5.74) is 0. The van der Waals surface area contributed by atoms with E-state index >= 15 is 0 Å². The molecule has 1 aliphatic carbocycles. The molecule has 1 aliphatic rings. The van der Waals surface area contributed by atoms with Gasteiger partial charge in [0, 0.05) is 5.92 Å². The van der Waals surface area contributed by atoms with Gasteiger partial charge in [0.1, 0.15) is 5.75 Å². The summed E-state index contributed by atoms with van der Waals surface area (Å²) in [6.07, 6.45) is 9.22. The number of aliphatic hydroxyl groups excluding tert-OH is 1. The van der Waals surface area contributed by atoms with Crippen molar-refractivity contribution in [2.75, 3.05) is 12.9 Å². The fraction of sp³-hybridized carbons (Fsp3) is 0.750. The molecule has 0 radical (unpaired) electrons. The Bertz CT molecular complexity index is 331. The third kappa shape index (κ3) is 5.51. The molecular weight excluding hydrogens is 272 g/mol. The van der Waals surface area contributed by atoms with Gasteiger partial charge >= 0.3 is 0 Å². The van der Waals surface area contributed by atoms with Crippen molar-refractivity contribution in [3.8, 4) is 0 Å². The topological polar surface area (TPSA) is 52.5 Å². The summed E-state index contributed by atoms with van der Waals surface area (Å²) in [4.78, 5) is 0.836. The predicted octanol–water partition coefficient (Wildman–Crippen LogP) is 3.52. The predicted molar refractivity (Wildman–Crippen MR) is 84.7 cm³/mol. The first kappa shape index (κ1) is 17.6. The second kappa shape index (κ2) is 9.48. The van der Waals surface area contributed by atoms with E-state index in [2.05, 4.69) is 0 Å². The second-order valence-corrected chi connectivity index (χ2v) is 6.81. The molecule has 0 aromatic carbocycles. The number of rotatable bonds is 7. The average Bonchev–Trinajstić information content (AvgIpc) is 2.45. The van der Waals surface area contributed by atoms with Gasteiger partial charge < -0.3 is 14.4 Å². The quantitative estimate of drug-likeness (QED) is 0.444. The fourth-order valence-electron chi connectivity index (χ4n) is 2.58. The van der Waals surface area contributed by atoms with Crippen molar-refractivity contribution >= 4 is 11.2 Å². The third-order valence-electron chi connectivity index (χ3n) is 3.69. The van der Waals surface area contributed by atoms with Crippen LogP contribution in [-0.4, -0.2) is 28.6 Å². The van der Waals surface area contributed by atoms with E-state index in [-0.39, 0.29) is 6.10 Å². The van der Waals surface area contributed by atoms with Crippen LogP contribution in [0.2, 0.25) is 0 Å². The Morgan fingerprint density at radius 1 is 1.20 bits per heavy atom. The van der Waals surface area contributed by atoms with Gasteiger partial charge in [-0.1, -0.05) is 13.8 Å². The third-order valence-corrected chi connectivity index (χ3v) is 5.32. The maximum absolute atomic E-state index is 12.6. The molecule has 1 fully saturated rings. The lowest BCUT2D eigenvalue weighted by atomic mass is 9.89. The molecular formula is C16H28O3S. The van der Waals surface area contributed by atoms with Gasteiger partial charge in [-0.3, -0.25) is 0 Å². The maximum atomic E-state index is 12.6. The lowest BCUT2D eigenvalue weighted by molar-refractivity contribution is 0.113. The lowest BCUT2D eigenvalue weighted by Crippen LogP contribution is -2.25. The van der Waals surface area contributed by atoms with E-state index in [1.165, 1.54) is 0 Å². The van der Waals surface area contributed by atoms with Gasteiger partial charge in [0.25, 0.3) is 0 Å². The normalized spacial score (nSPS) is 26.4. The molecule has 3 nitrogen and oxygen atoms in total. The smallest absolute Gasteiger partial charge is 0.190 e. The number of hydrogen-bond acceptors (Lipinski definition) is 3. The number of hydrogen-bond donors (Lipinski definition) is 1. The van der Waals surface area contributed by atoms with Gasteiger partial charge in [-0.2, -0.15) is 0 Å². The summed E-state index contributed by atoms with van der Waals surface area (Å²) in [5.74, 6) is 1.89. The van der Waals surface area contributed by atoms with Crippen LogP contribution in [0, 0.1) is 5.92 Å².